The van der Waals surface area contributed by atoms with Crippen molar-refractivity contribution in [3.63, 3.8) is 0 Å². The number of hydrogen-bond donors (Lipinski definition) is 3. The Labute approximate surface area is 164 Å². The fraction of sp³-hybridized carbons (Fsp3) is 0.364. The van der Waals surface area contributed by atoms with Gasteiger partial charge in [0.15, 0.2) is 0 Å². The molecule has 2 saturated heterocycles. The zero-order valence-electron chi connectivity index (χ0n) is 16.1. The first kappa shape index (κ1) is 17.3. The third-order valence-corrected chi connectivity index (χ3v) is 5.79. The Bertz CT molecular complexity index is 1010. The van der Waals surface area contributed by atoms with Crippen LogP contribution in [0.5, 0.6) is 0 Å². The quantitative estimate of drug-likeness (QED) is 0.754. The van der Waals surface area contributed by atoms with Crippen LogP contribution < -0.4 is 15.5 Å². The number of carbonyl (C=O) groups excluding carboxylic acids is 1. The van der Waals surface area contributed by atoms with Crippen molar-refractivity contribution in [3.8, 4) is 0 Å². The summed E-state index contributed by atoms with van der Waals surface area (Å²) >= 11 is 0. The van der Waals surface area contributed by atoms with Gasteiger partial charge in [-0.2, -0.15) is 0 Å². The molecule has 2 fully saturated rings. The molecule has 0 saturated carbocycles. The Morgan fingerprint density at radius 1 is 1.11 bits per heavy atom. The van der Waals surface area contributed by atoms with E-state index in [0.29, 0.717) is 12.1 Å². The lowest BCUT2D eigenvalue weighted by atomic mass is 9.92. The molecule has 4 unspecified atom stereocenters. The molecule has 0 bridgehead atoms. The van der Waals surface area contributed by atoms with E-state index in [2.05, 4.69) is 58.6 Å². The maximum absolute atomic E-state index is 12.6. The minimum Gasteiger partial charge on any atom is -0.368 e. The van der Waals surface area contributed by atoms with E-state index >= 15 is 0 Å². The van der Waals surface area contributed by atoms with E-state index in [9.17, 15) is 4.79 Å². The highest BCUT2D eigenvalue weighted by molar-refractivity contribution is 5.90. The molecule has 2 aliphatic heterocycles. The van der Waals surface area contributed by atoms with Crippen LogP contribution >= 0.6 is 0 Å². The number of aromatic amines is 1. The zero-order chi connectivity index (χ0) is 19.3. The van der Waals surface area contributed by atoms with E-state index in [0.717, 1.165) is 35.6 Å². The predicted octanol–water partition coefficient (Wildman–Crippen LogP) is 2.59. The molecule has 6 heteroatoms. The van der Waals surface area contributed by atoms with Crippen LogP contribution in [-0.2, 0) is 4.79 Å². The molecule has 3 N–H and O–H groups in total. The molecule has 5 rings (SSSR count). The number of nitrogens with zero attached hydrogens (tertiary/aromatic N) is 2. The monoisotopic (exact) mass is 375 g/mol. The molecule has 1 amide bonds. The van der Waals surface area contributed by atoms with Crippen molar-refractivity contribution < 1.29 is 4.79 Å². The molecule has 1 aromatic carbocycles. The summed E-state index contributed by atoms with van der Waals surface area (Å²) in [6.07, 6.45) is 9.97. The average molecular weight is 375 g/mol. The van der Waals surface area contributed by atoms with Gasteiger partial charge in [0.2, 0.25) is 5.91 Å². The number of imidazole rings is 1. The smallest absolute Gasteiger partial charge is 0.235 e. The second kappa shape index (κ2) is 6.63. The summed E-state index contributed by atoms with van der Waals surface area (Å²) in [5, 5.41) is 6.58. The first-order chi connectivity index (χ1) is 13.6. The van der Waals surface area contributed by atoms with Crippen LogP contribution in [0, 0.1) is 5.92 Å². The Morgan fingerprint density at radius 2 is 1.93 bits per heavy atom. The van der Waals surface area contributed by atoms with Crippen molar-refractivity contribution in [2.45, 2.75) is 31.8 Å². The van der Waals surface area contributed by atoms with Crippen molar-refractivity contribution in [3.05, 3.63) is 60.1 Å². The van der Waals surface area contributed by atoms with E-state index < -0.39 is 0 Å². The van der Waals surface area contributed by atoms with E-state index in [1.54, 1.807) is 0 Å². The van der Waals surface area contributed by atoms with Gasteiger partial charge in [-0.3, -0.25) is 4.79 Å². The highest BCUT2D eigenvalue weighted by Gasteiger charge is 2.40. The first-order valence-electron chi connectivity index (χ1n) is 9.95. The largest absolute Gasteiger partial charge is 0.368 e. The van der Waals surface area contributed by atoms with Gasteiger partial charge in [-0.1, -0.05) is 24.3 Å². The summed E-state index contributed by atoms with van der Waals surface area (Å²) in [7, 11) is 0. The summed E-state index contributed by atoms with van der Waals surface area (Å²) in [5.41, 5.74) is 4.01. The lowest BCUT2D eigenvalue weighted by Gasteiger charge is -2.37. The predicted molar refractivity (Wildman–Crippen MR) is 111 cm³/mol. The summed E-state index contributed by atoms with van der Waals surface area (Å²) in [6, 6.07) is 7.26. The number of fused-ring (bicyclic) bond motifs is 2. The number of hydrogen-bond acceptors (Lipinski definition) is 4. The van der Waals surface area contributed by atoms with Crippen molar-refractivity contribution in [2.75, 3.05) is 18.0 Å². The van der Waals surface area contributed by atoms with E-state index in [-0.39, 0.29) is 17.7 Å². The lowest BCUT2D eigenvalue weighted by Crippen LogP contribution is -2.54. The molecule has 28 heavy (non-hydrogen) atoms. The van der Waals surface area contributed by atoms with E-state index in [1.807, 2.05) is 24.3 Å². The molecular formula is C22H25N5O. The number of rotatable bonds is 2. The highest BCUT2D eigenvalue weighted by atomic mass is 16.2. The fourth-order valence-corrected chi connectivity index (χ4v) is 4.61. The number of amides is 1. The second-order valence-electron chi connectivity index (χ2n) is 8.08. The number of carbonyl (C=O) groups is 1. The molecule has 1 aliphatic carbocycles. The van der Waals surface area contributed by atoms with Crippen LogP contribution in [0.15, 0.2) is 54.3 Å². The Morgan fingerprint density at radius 3 is 2.75 bits per heavy atom. The van der Waals surface area contributed by atoms with Crippen LogP contribution in [0.1, 0.15) is 25.6 Å². The number of anilines is 1. The summed E-state index contributed by atoms with van der Waals surface area (Å²) < 4.78 is 0. The van der Waals surface area contributed by atoms with Crippen LogP contribution in [0.4, 0.5) is 5.69 Å². The molecule has 3 heterocycles. The Balaban J connectivity index is 1.48. The van der Waals surface area contributed by atoms with Crippen molar-refractivity contribution in [2.24, 2.45) is 5.92 Å². The molecule has 0 radical (unpaired) electrons. The third kappa shape index (κ3) is 2.94. The van der Waals surface area contributed by atoms with Crippen LogP contribution in [0.2, 0.25) is 0 Å². The Hall–Kier alpha value is -2.86. The van der Waals surface area contributed by atoms with Gasteiger partial charge >= 0.3 is 0 Å². The summed E-state index contributed by atoms with van der Waals surface area (Å²) in [5.74, 6) is 0.404. The van der Waals surface area contributed by atoms with Crippen LogP contribution in [0.25, 0.3) is 11.0 Å². The molecular weight excluding hydrogens is 350 g/mol. The maximum atomic E-state index is 12.6. The van der Waals surface area contributed by atoms with Gasteiger partial charge in [0.25, 0.3) is 0 Å². The van der Waals surface area contributed by atoms with Crippen LogP contribution in [0.3, 0.4) is 0 Å². The first-order valence-corrected chi connectivity index (χ1v) is 9.95. The lowest BCUT2D eigenvalue weighted by molar-refractivity contribution is -0.120. The summed E-state index contributed by atoms with van der Waals surface area (Å²) in [4.78, 5) is 23.2. The van der Waals surface area contributed by atoms with E-state index in [1.165, 1.54) is 5.69 Å². The second-order valence-corrected chi connectivity index (χ2v) is 8.08. The third-order valence-electron chi connectivity index (χ3n) is 5.79. The molecule has 4 atom stereocenters. The van der Waals surface area contributed by atoms with Gasteiger partial charge in [-0.25, -0.2) is 4.98 Å². The van der Waals surface area contributed by atoms with Gasteiger partial charge in [-0.05, 0) is 38.1 Å². The van der Waals surface area contributed by atoms with Gasteiger partial charge < -0.3 is 20.5 Å². The van der Waals surface area contributed by atoms with Crippen molar-refractivity contribution >= 4 is 22.6 Å². The SMILES string of the molecule is CC1CN(c2ccc3nc(C4C(=O)NC5=CC=CC=CC54)[nH]c3c2)CC(C)N1. The standard InChI is InChI=1S/C22H25N5O/c1-13-11-27(12-14(2)23-13)15-8-9-18-19(10-15)25-21(24-18)20-16-6-4-3-5-7-17(16)26-22(20)28/h3-10,13-14,16,20,23H,11-12H2,1-2H3,(H,24,25)(H,26,28). The molecule has 1 aromatic heterocycles. The Kier molecular flexibility index (Phi) is 4.09. The van der Waals surface area contributed by atoms with Crippen molar-refractivity contribution in [1.29, 1.82) is 0 Å². The average Bonchev–Trinajstić information content (AvgIpc) is 3.12. The number of piperazine rings is 1. The number of aromatic nitrogens is 2. The van der Waals surface area contributed by atoms with Gasteiger partial charge in [0.1, 0.15) is 11.7 Å². The maximum Gasteiger partial charge on any atom is 0.235 e. The number of benzene rings is 1. The molecule has 0 spiro atoms. The summed E-state index contributed by atoms with van der Waals surface area (Å²) in [6.45, 7) is 6.40. The van der Waals surface area contributed by atoms with Gasteiger partial charge in [-0.15, -0.1) is 0 Å². The normalized spacial score (nSPS) is 29.6. The number of H-pyrrole nitrogens is 1. The zero-order valence-corrected chi connectivity index (χ0v) is 16.1. The topological polar surface area (TPSA) is 73.0 Å². The van der Waals surface area contributed by atoms with Crippen LogP contribution in [-0.4, -0.2) is 41.0 Å². The minimum absolute atomic E-state index is 0.000217. The molecule has 144 valence electrons. The number of nitrogens with one attached hydrogen (secondary N) is 3. The van der Waals surface area contributed by atoms with Crippen molar-refractivity contribution in [1.82, 2.24) is 20.6 Å². The minimum atomic E-state index is -0.322. The highest BCUT2D eigenvalue weighted by Crippen LogP contribution is 2.36. The molecule has 3 aliphatic rings. The number of allylic oxidation sites excluding steroid dienone is 5. The molecule has 2 aromatic rings. The van der Waals surface area contributed by atoms with Gasteiger partial charge in [0, 0.05) is 42.5 Å². The molecule has 6 nitrogen and oxygen atoms in total. The van der Waals surface area contributed by atoms with Gasteiger partial charge in [0.05, 0.1) is 11.0 Å². The van der Waals surface area contributed by atoms with E-state index in [4.69, 9.17) is 4.98 Å². The fourth-order valence-electron chi connectivity index (χ4n) is 4.61.